The summed E-state index contributed by atoms with van der Waals surface area (Å²) in [5.74, 6) is 0.0497. The molecule has 7 nitrogen and oxygen atoms in total. The van der Waals surface area contributed by atoms with Crippen molar-refractivity contribution in [3.8, 4) is 0 Å². The second-order valence-corrected chi connectivity index (χ2v) is 6.35. The minimum atomic E-state index is 0. The van der Waals surface area contributed by atoms with Gasteiger partial charge < -0.3 is 10.2 Å². The van der Waals surface area contributed by atoms with Gasteiger partial charge in [-0.2, -0.15) is 5.10 Å². The Bertz CT molecular complexity index is 711. The van der Waals surface area contributed by atoms with Crippen molar-refractivity contribution in [3.63, 3.8) is 0 Å². The van der Waals surface area contributed by atoms with Gasteiger partial charge in [-0.25, -0.2) is 0 Å². The molecular formula is C17H23ClN6O. The van der Waals surface area contributed by atoms with Gasteiger partial charge in [-0.1, -0.05) is 6.07 Å². The fraction of sp³-hybridized carbons (Fsp3) is 0.471. The zero-order valence-electron chi connectivity index (χ0n) is 14.1. The average molecular weight is 363 g/mol. The van der Waals surface area contributed by atoms with E-state index < -0.39 is 0 Å². The van der Waals surface area contributed by atoms with Crippen LogP contribution in [-0.2, 0) is 19.5 Å². The molecule has 0 aromatic carbocycles. The molecule has 134 valence electrons. The van der Waals surface area contributed by atoms with Crippen molar-refractivity contribution in [2.45, 2.75) is 19.5 Å². The predicted molar refractivity (Wildman–Crippen MR) is 96.7 cm³/mol. The summed E-state index contributed by atoms with van der Waals surface area (Å²) in [5.41, 5.74) is 3.81. The van der Waals surface area contributed by atoms with Crippen molar-refractivity contribution in [1.29, 1.82) is 0 Å². The molecule has 8 heteroatoms. The maximum Gasteiger partial charge on any atom is 0.274 e. The minimum Gasteiger partial charge on any atom is -0.335 e. The van der Waals surface area contributed by atoms with E-state index in [1.807, 2.05) is 29.3 Å². The molecule has 4 rings (SSSR count). The first-order valence-corrected chi connectivity index (χ1v) is 8.49. The molecule has 0 radical (unpaired) electrons. The standard InChI is InChI=1S/C17H22N6O.ClH/c24-17(16-14-11-18-6-4-15(14)20-21-16)23-9-7-22(8-10-23)12-13-3-1-2-5-19-13;/h1-3,5,18H,4,6-12H2,(H,20,21);1H. The van der Waals surface area contributed by atoms with Crippen LogP contribution in [0.1, 0.15) is 27.4 Å². The number of fused-ring (bicyclic) bond motifs is 1. The lowest BCUT2D eigenvalue weighted by molar-refractivity contribution is 0.0620. The van der Waals surface area contributed by atoms with Crippen molar-refractivity contribution in [2.75, 3.05) is 32.7 Å². The fourth-order valence-corrected chi connectivity index (χ4v) is 3.38. The van der Waals surface area contributed by atoms with E-state index in [1.54, 1.807) is 0 Å². The first-order valence-electron chi connectivity index (χ1n) is 8.49. The molecule has 25 heavy (non-hydrogen) atoms. The minimum absolute atomic E-state index is 0. The lowest BCUT2D eigenvalue weighted by Gasteiger charge is -2.34. The Hall–Kier alpha value is -1.96. The number of halogens is 1. The van der Waals surface area contributed by atoms with Crippen LogP contribution in [0.3, 0.4) is 0 Å². The summed E-state index contributed by atoms with van der Waals surface area (Å²) >= 11 is 0. The average Bonchev–Trinajstić information content (AvgIpc) is 3.07. The molecular weight excluding hydrogens is 340 g/mol. The predicted octanol–water partition coefficient (Wildman–Crippen LogP) is 0.830. The van der Waals surface area contributed by atoms with Gasteiger partial charge >= 0.3 is 0 Å². The Labute approximate surface area is 153 Å². The first kappa shape index (κ1) is 17.8. The smallest absolute Gasteiger partial charge is 0.274 e. The summed E-state index contributed by atoms with van der Waals surface area (Å²) in [7, 11) is 0. The van der Waals surface area contributed by atoms with Crippen LogP contribution >= 0.6 is 12.4 Å². The lowest BCUT2D eigenvalue weighted by atomic mass is 10.1. The number of hydrogen-bond acceptors (Lipinski definition) is 5. The number of carbonyl (C=O) groups excluding carboxylic acids is 1. The Morgan fingerprint density at radius 3 is 2.80 bits per heavy atom. The third-order valence-electron chi connectivity index (χ3n) is 4.78. The highest BCUT2D eigenvalue weighted by Gasteiger charge is 2.28. The Kier molecular flexibility index (Phi) is 5.67. The number of H-pyrrole nitrogens is 1. The van der Waals surface area contributed by atoms with Crippen LogP contribution in [0.2, 0.25) is 0 Å². The Morgan fingerprint density at radius 2 is 2.04 bits per heavy atom. The van der Waals surface area contributed by atoms with E-state index in [4.69, 9.17) is 0 Å². The number of nitrogens with zero attached hydrogens (tertiary/aromatic N) is 4. The molecule has 1 fully saturated rings. The third kappa shape index (κ3) is 3.84. The summed E-state index contributed by atoms with van der Waals surface area (Å²) in [6.45, 7) is 5.72. The molecule has 0 spiro atoms. The number of amides is 1. The van der Waals surface area contributed by atoms with Gasteiger partial charge in [-0.3, -0.25) is 19.8 Å². The van der Waals surface area contributed by atoms with Gasteiger partial charge in [0.2, 0.25) is 0 Å². The molecule has 2 aromatic heterocycles. The van der Waals surface area contributed by atoms with Gasteiger partial charge in [-0.15, -0.1) is 12.4 Å². The molecule has 2 aliphatic heterocycles. The van der Waals surface area contributed by atoms with E-state index in [0.29, 0.717) is 5.69 Å². The summed E-state index contributed by atoms with van der Waals surface area (Å²) < 4.78 is 0. The molecule has 0 unspecified atom stereocenters. The van der Waals surface area contributed by atoms with E-state index in [1.165, 1.54) is 0 Å². The van der Waals surface area contributed by atoms with Gasteiger partial charge in [0, 0.05) is 69.7 Å². The van der Waals surface area contributed by atoms with Crippen molar-refractivity contribution >= 4 is 18.3 Å². The number of hydrogen-bond donors (Lipinski definition) is 2. The van der Waals surface area contributed by atoms with Crippen LogP contribution in [0.5, 0.6) is 0 Å². The van der Waals surface area contributed by atoms with Crippen LogP contribution in [-0.4, -0.2) is 63.6 Å². The SMILES string of the molecule is Cl.O=C(c1n[nH]c2c1CNCC2)N1CCN(Cc2ccccn2)CC1. The molecule has 2 aliphatic rings. The monoisotopic (exact) mass is 362 g/mol. The number of nitrogens with one attached hydrogen (secondary N) is 2. The van der Waals surface area contributed by atoms with Gasteiger partial charge in [0.1, 0.15) is 0 Å². The fourth-order valence-electron chi connectivity index (χ4n) is 3.38. The first-order chi connectivity index (χ1) is 11.8. The van der Waals surface area contributed by atoms with Crippen LogP contribution < -0.4 is 5.32 Å². The number of piperazine rings is 1. The van der Waals surface area contributed by atoms with Crippen LogP contribution in [0.15, 0.2) is 24.4 Å². The number of aromatic nitrogens is 3. The van der Waals surface area contributed by atoms with Crippen molar-refractivity contribution in [1.82, 2.24) is 30.3 Å². The molecule has 1 amide bonds. The zero-order valence-corrected chi connectivity index (χ0v) is 14.9. The van der Waals surface area contributed by atoms with Gasteiger partial charge in [-0.05, 0) is 12.1 Å². The largest absolute Gasteiger partial charge is 0.335 e. The molecule has 0 saturated carbocycles. The van der Waals surface area contributed by atoms with Gasteiger partial charge in [0.25, 0.3) is 5.91 Å². The topological polar surface area (TPSA) is 77.2 Å². The van der Waals surface area contributed by atoms with E-state index in [2.05, 4.69) is 25.4 Å². The number of rotatable bonds is 3. The van der Waals surface area contributed by atoms with Crippen LogP contribution in [0.4, 0.5) is 0 Å². The second-order valence-electron chi connectivity index (χ2n) is 6.35. The highest BCUT2D eigenvalue weighted by atomic mass is 35.5. The normalized spacial score (nSPS) is 17.7. The summed E-state index contributed by atoms with van der Waals surface area (Å²) in [6.07, 6.45) is 2.73. The quantitative estimate of drug-likeness (QED) is 0.845. The number of carbonyl (C=O) groups is 1. The van der Waals surface area contributed by atoms with Crippen molar-refractivity contribution in [2.24, 2.45) is 0 Å². The second kappa shape index (κ2) is 7.95. The Morgan fingerprint density at radius 1 is 1.20 bits per heavy atom. The molecule has 4 heterocycles. The van der Waals surface area contributed by atoms with E-state index in [0.717, 1.165) is 69.2 Å². The number of aromatic amines is 1. The summed E-state index contributed by atoms with van der Waals surface area (Å²) in [6, 6.07) is 5.98. The molecule has 2 N–H and O–H groups in total. The lowest BCUT2D eigenvalue weighted by Crippen LogP contribution is -2.48. The van der Waals surface area contributed by atoms with Gasteiger partial charge in [0.15, 0.2) is 5.69 Å². The molecule has 0 aliphatic carbocycles. The van der Waals surface area contributed by atoms with Crippen LogP contribution in [0.25, 0.3) is 0 Å². The van der Waals surface area contributed by atoms with Crippen molar-refractivity contribution < 1.29 is 4.79 Å². The number of pyridine rings is 1. The van der Waals surface area contributed by atoms with E-state index >= 15 is 0 Å². The van der Waals surface area contributed by atoms with E-state index in [-0.39, 0.29) is 18.3 Å². The molecule has 0 bridgehead atoms. The summed E-state index contributed by atoms with van der Waals surface area (Å²) in [4.78, 5) is 21.4. The maximum absolute atomic E-state index is 12.8. The highest BCUT2D eigenvalue weighted by Crippen LogP contribution is 2.18. The van der Waals surface area contributed by atoms with Crippen molar-refractivity contribution in [3.05, 3.63) is 47.0 Å². The summed E-state index contributed by atoms with van der Waals surface area (Å²) in [5, 5.41) is 10.6. The maximum atomic E-state index is 12.8. The zero-order chi connectivity index (χ0) is 16.4. The van der Waals surface area contributed by atoms with Gasteiger partial charge in [0.05, 0.1) is 5.69 Å². The van der Waals surface area contributed by atoms with E-state index in [9.17, 15) is 4.79 Å². The molecule has 1 saturated heterocycles. The molecule has 0 atom stereocenters. The third-order valence-corrected chi connectivity index (χ3v) is 4.78. The highest BCUT2D eigenvalue weighted by molar-refractivity contribution is 5.94. The van der Waals surface area contributed by atoms with Crippen LogP contribution in [0, 0.1) is 0 Å². The molecule has 2 aromatic rings. The Balaban J connectivity index is 0.00000182.